The zero-order valence-corrected chi connectivity index (χ0v) is 9.57. The Balaban J connectivity index is 0.000000980. The van der Waals surface area contributed by atoms with Crippen molar-refractivity contribution >= 4 is 0 Å². The molecule has 0 aromatic carbocycles. The Hall–Kier alpha value is -0.326. The van der Waals surface area contributed by atoms with Crippen LogP contribution in [0.2, 0.25) is 0 Å². The largest absolute Gasteiger partial charge is 1.00 e. The fourth-order valence-corrected chi connectivity index (χ4v) is 3.98. The third kappa shape index (κ3) is 2.13. The van der Waals surface area contributed by atoms with Crippen LogP contribution < -0.4 is 0 Å². The number of allylic oxidation sites excluding steroid dienone is 8. The molecule has 70 valence electrons. The average Bonchev–Trinajstić information content (AvgIpc) is 2.76. The Morgan fingerprint density at radius 2 is 2.31 bits per heavy atom. The zero-order valence-electron chi connectivity index (χ0n) is 10.0. The first-order valence-electron chi connectivity index (χ1n) is 4.91. The Bertz CT molecular complexity index is 325. The van der Waals surface area contributed by atoms with Crippen molar-refractivity contribution in [3.8, 4) is 0 Å². The first-order chi connectivity index (χ1) is 6.40. The summed E-state index contributed by atoms with van der Waals surface area (Å²) in [7, 11) is 0. The Labute approximate surface area is 92.0 Å². The van der Waals surface area contributed by atoms with Gasteiger partial charge in [0, 0.05) is 0 Å². The van der Waals surface area contributed by atoms with Crippen LogP contribution in [-0.4, -0.2) is 0 Å². The normalized spacial score (nSPS) is 19.9. The quantitative estimate of drug-likeness (QED) is 0.619. The molecule has 2 aliphatic carbocycles. The molecular formula is C12H16Ti-2. The van der Waals surface area contributed by atoms with Crippen LogP contribution in [0.15, 0.2) is 43.7 Å². The molecule has 0 aromatic heterocycles. The van der Waals surface area contributed by atoms with Gasteiger partial charge in [-0.1, -0.05) is 0 Å². The second kappa shape index (κ2) is 4.26. The van der Waals surface area contributed by atoms with Gasteiger partial charge in [0.25, 0.3) is 0 Å². The summed E-state index contributed by atoms with van der Waals surface area (Å²) in [6.45, 7) is 2.26. The van der Waals surface area contributed by atoms with Crippen molar-refractivity contribution in [1.82, 2.24) is 0 Å². The van der Waals surface area contributed by atoms with Gasteiger partial charge >= 0.3 is 89.0 Å². The van der Waals surface area contributed by atoms with E-state index in [-0.39, 0.29) is 22.0 Å². The van der Waals surface area contributed by atoms with Crippen molar-refractivity contribution in [2.75, 3.05) is 0 Å². The van der Waals surface area contributed by atoms with E-state index in [0.717, 1.165) is 0 Å². The van der Waals surface area contributed by atoms with Crippen molar-refractivity contribution in [2.45, 2.75) is 26.2 Å². The molecule has 2 rings (SSSR count). The van der Waals surface area contributed by atoms with E-state index >= 15 is 0 Å². The van der Waals surface area contributed by atoms with Gasteiger partial charge in [-0.25, -0.2) is 0 Å². The second-order valence-corrected chi connectivity index (χ2v) is 5.75. The molecule has 0 amide bonds. The number of hydrogen-bond acceptors (Lipinski definition) is 0. The minimum absolute atomic E-state index is 0. The molecule has 0 bridgehead atoms. The summed E-state index contributed by atoms with van der Waals surface area (Å²) in [5.74, 6) is 0. The van der Waals surface area contributed by atoms with Gasteiger partial charge in [0.2, 0.25) is 0 Å². The van der Waals surface area contributed by atoms with Gasteiger partial charge in [0.1, 0.15) is 0 Å². The third-order valence-electron chi connectivity index (χ3n) is 2.49. The maximum Gasteiger partial charge on any atom is -1.00 e. The van der Waals surface area contributed by atoms with Crippen LogP contribution in [0.3, 0.4) is 0 Å². The van der Waals surface area contributed by atoms with E-state index in [2.05, 4.69) is 37.3 Å². The fraction of sp³-hybridized carbons (Fsp3) is 0.333. The first kappa shape index (κ1) is 9.24. The zero-order chi connectivity index (χ0) is 9.10. The van der Waals surface area contributed by atoms with Crippen LogP contribution in [0.5, 0.6) is 0 Å². The molecule has 0 heterocycles. The Morgan fingerprint density at radius 1 is 1.38 bits per heavy atom. The van der Waals surface area contributed by atoms with Crippen molar-refractivity contribution < 1.29 is 22.0 Å². The second-order valence-electron chi connectivity index (χ2n) is 3.41. The molecule has 0 fully saturated rings. The van der Waals surface area contributed by atoms with Gasteiger partial charge in [0.15, 0.2) is 0 Å². The standard InChI is InChI=1S/C7H9.C5H5.Ti.2H/c1-2-7-5-3-4-6-7;1-2-4-5-3-1;;;/h3,5H,2,4H2,1H3;1-3H,4H2;;;/q;;;2*-1. The molecule has 0 N–H and O–H groups in total. The van der Waals surface area contributed by atoms with Gasteiger partial charge in [-0.3, -0.25) is 0 Å². The Morgan fingerprint density at radius 3 is 3.00 bits per heavy atom. The van der Waals surface area contributed by atoms with Crippen molar-refractivity contribution in [3.05, 3.63) is 43.7 Å². The van der Waals surface area contributed by atoms with E-state index in [4.69, 9.17) is 0 Å². The van der Waals surface area contributed by atoms with E-state index < -0.39 is 0 Å². The van der Waals surface area contributed by atoms with E-state index in [1.54, 1.807) is 13.3 Å². The molecule has 0 nitrogen and oxygen atoms in total. The number of rotatable bonds is 3. The molecule has 0 saturated carbocycles. The van der Waals surface area contributed by atoms with Crippen LogP contribution in [-0.2, 0) is 19.2 Å². The molecule has 0 saturated heterocycles. The van der Waals surface area contributed by atoms with Crippen LogP contribution in [0.25, 0.3) is 0 Å². The van der Waals surface area contributed by atoms with Crippen LogP contribution in [0.1, 0.15) is 29.0 Å². The van der Waals surface area contributed by atoms with Crippen molar-refractivity contribution in [3.63, 3.8) is 0 Å². The minimum Gasteiger partial charge on any atom is -1.00 e. The topological polar surface area (TPSA) is 0 Å². The molecular weight excluding hydrogens is 192 g/mol. The fourth-order valence-electron chi connectivity index (χ4n) is 1.75. The molecule has 0 atom stereocenters. The molecule has 0 aromatic rings. The average molecular weight is 208 g/mol. The summed E-state index contributed by atoms with van der Waals surface area (Å²) in [6, 6.07) is 0. The molecule has 13 heavy (non-hydrogen) atoms. The molecule has 1 heteroatoms. The first-order valence-corrected chi connectivity index (χ1v) is 6.47. The SMILES string of the molecule is CCC1=[C]([Ti][C]2=CC=CC2)CC=C1.[H-].[H-]. The smallest absolute Gasteiger partial charge is 1.00 e. The van der Waals surface area contributed by atoms with Crippen molar-refractivity contribution in [2.24, 2.45) is 0 Å². The summed E-state index contributed by atoms with van der Waals surface area (Å²) in [6.07, 6.45) is 15.1. The maximum atomic E-state index is 2.32. The van der Waals surface area contributed by atoms with Crippen LogP contribution >= 0.6 is 0 Å². The summed E-state index contributed by atoms with van der Waals surface area (Å²) < 4.78 is 3.46. The maximum absolute atomic E-state index is 2.32. The van der Waals surface area contributed by atoms with E-state index in [9.17, 15) is 0 Å². The Kier molecular flexibility index (Phi) is 3.03. The predicted octanol–water partition coefficient (Wildman–Crippen LogP) is 3.76. The van der Waals surface area contributed by atoms with Gasteiger partial charge < -0.3 is 2.85 Å². The van der Waals surface area contributed by atoms with E-state index in [1.807, 2.05) is 0 Å². The summed E-state index contributed by atoms with van der Waals surface area (Å²) >= 11 is 0.0491. The summed E-state index contributed by atoms with van der Waals surface area (Å²) in [5.41, 5.74) is 1.62. The number of hydrogen-bond donors (Lipinski definition) is 0. The molecule has 0 aliphatic heterocycles. The molecule has 0 spiro atoms. The molecule has 0 radical (unpaired) electrons. The minimum atomic E-state index is 0. The van der Waals surface area contributed by atoms with Gasteiger partial charge in [-0.2, -0.15) is 0 Å². The van der Waals surface area contributed by atoms with Gasteiger partial charge in [0.05, 0.1) is 0 Å². The van der Waals surface area contributed by atoms with Gasteiger partial charge in [-0.15, -0.1) is 0 Å². The van der Waals surface area contributed by atoms with E-state index in [0.29, 0.717) is 0 Å². The van der Waals surface area contributed by atoms with Crippen LogP contribution in [0.4, 0.5) is 0 Å². The van der Waals surface area contributed by atoms with Gasteiger partial charge in [-0.05, 0) is 0 Å². The van der Waals surface area contributed by atoms with E-state index in [1.165, 1.54) is 19.3 Å². The third-order valence-corrected chi connectivity index (χ3v) is 4.86. The van der Waals surface area contributed by atoms with Crippen LogP contribution in [0, 0.1) is 0 Å². The monoisotopic (exact) mass is 208 g/mol. The summed E-state index contributed by atoms with van der Waals surface area (Å²) in [5, 5.41) is 0. The predicted molar refractivity (Wildman–Crippen MR) is 55.1 cm³/mol. The summed E-state index contributed by atoms with van der Waals surface area (Å²) in [4.78, 5) is 0. The molecule has 0 unspecified atom stereocenters. The molecule has 2 aliphatic rings. The van der Waals surface area contributed by atoms with Crippen molar-refractivity contribution in [1.29, 1.82) is 0 Å².